The molecular weight excluding hydrogens is 350 g/mol. The standard InChI is InChI=1S/C20H20ClN3O2/c21-17-5-3-9-22-20(17)26-15-7-10-24(11-8-15)19(25)12-14-13-23-18-6-2-1-4-16(14)18/h1-6,9,13,15,23H,7-8,10-12H2. The molecular formula is C20H20ClN3O2. The van der Waals surface area contributed by atoms with Crippen LogP contribution in [-0.2, 0) is 11.2 Å². The summed E-state index contributed by atoms with van der Waals surface area (Å²) in [5, 5.41) is 1.63. The Morgan fingerprint density at radius 2 is 2.04 bits per heavy atom. The van der Waals surface area contributed by atoms with Crippen molar-refractivity contribution < 1.29 is 9.53 Å². The number of fused-ring (bicyclic) bond motifs is 1. The van der Waals surface area contributed by atoms with Crippen LogP contribution < -0.4 is 4.74 Å². The Bertz CT molecular complexity index is 916. The van der Waals surface area contributed by atoms with Crippen molar-refractivity contribution in [1.82, 2.24) is 14.9 Å². The molecule has 1 aliphatic rings. The maximum atomic E-state index is 12.7. The first kappa shape index (κ1) is 16.9. The molecule has 0 bridgehead atoms. The summed E-state index contributed by atoms with van der Waals surface area (Å²) < 4.78 is 5.89. The summed E-state index contributed by atoms with van der Waals surface area (Å²) in [4.78, 5) is 22.0. The van der Waals surface area contributed by atoms with Gasteiger partial charge in [-0.1, -0.05) is 29.8 Å². The summed E-state index contributed by atoms with van der Waals surface area (Å²) in [6.45, 7) is 1.38. The van der Waals surface area contributed by atoms with Crippen LogP contribution in [0.4, 0.5) is 0 Å². The van der Waals surface area contributed by atoms with Crippen LogP contribution >= 0.6 is 11.6 Å². The van der Waals surface area contributed by atoms with Crippen molar-refractivity contribution in [2.45, 2.75) is 25.4 Å². The maximum Gasteiger partial charge on any atom is 0.232 e. The normalized spacial score (nSPS) is 15.3. The zero-order valence-corrected chi connectivity index (χ0v) is 15.1. The van der Waals surface area contributed by atoms with Crippen LogP contribution in [0.15, 0.2) is 48.8 Å². The first-order chi connectivity index (χ1) is 12.7. The smallest absolute Gasteiger partial charge is 0.232 e. The predicted molar refractivity (Wildman–Crippen MR) is 101 cm³/mol. The average molecular weight is 370 g/mol. The van der Waals surface area contributed by atoms with Crippen LogP contribution in [0.5, 0.6) is 5.88 Å². The lowest BCUT2D eigenvalue weighted by molar-refractivity contribution is -0.132. The lowest BCUT2D eigenvalue weighted by Gasteiger charge is -2.32. The highest BCUT2D eigenvalue weighted by molar-refractivity contribution is 6.31. The Kier molecular flexibility index (Phi) is 4.80. The number of piperidine rings is 1. The number of carbonyl (C=O) groups is 1. The Morgan fingerprint density at radius 1 is 1.23 bits per heavy atom. The van der Waals surface area contributed by atoms with Crippen LogP contribution in [0.3, 0.4) is 0 Å². The zero-order valence-electron chi connectivity index (χ0n) is 14.3. The van der Waals surface area contributed by atoms with Gasteiger partial charge in [0, 0.05) is 49.2 Å². The highest BCUT2D eigenvalue weighted by Gasteiger charge is 2.25. The van der Waals surface area contributed by atoms with Crippen molar-refractivity contribution in [2.24, 2.45) is 0 Å². The Balaban J connectivity index is 1.34. The van der Waals surface area contributed by atoms with Crippen molar-refractivity contribution in [3.05, 3.63) is 59.4 Å². The van der Waals surface area contributed by atoms with Crippen LogP contribution in [0.2, 0.25) is 5.02 Å². The fraction of sp³-hybridized carbons (Fsp3) is 0.300. The minimum absolute atomic E-state index is 0.0412. The van der Waals surface area contributed by atoms with E-state index in [4.69, 9.17) is 16.3 Å². The molecule has 0 spiro atoms. The molecule has 3 heterocycles. The molecule has 134 valence electrons. The largest absolute Gasteiger partial charge is 0.473 e. The monoisotopic (exact) mass is 369 g/mol. The molecule has 0 atom stereocenters. The van der Waals surface area contributed by atoms with E-state index in [1.54, 1.807) is 18.3 Å². The van der Waals surface area contributed by atoms with E-state index >= 15 is 0 Å². The van der Waals surface area contributed by atoms with Crippen LogP contribution in [0.25, 0.3) is 10.9 Å². The summed E-state index contributed by atoms with van der Waals surface area (Å²) >= 11 is 6.09. The highest BCUT2D eigenvalue weighted by Crippen LogP contribution is 2.25. The van der Waals surface area contributed by atoms with Crippen molar-refractivity contribution in [2.75, 3.05) is 13.1 Å². The number of benzene rings is 1. The number of aromatic nitrogens is 2. The number of carbonyl (C=O) groups excluding carboxylic acids is 1. The molecule has 26 heavy (non-hydrogen) atoms. The number of likely N-dealkylation sites (tertiary alicyclic amines) is 1. The van der Waals surface area contributed by atoms with Crippen molar-refractivity contribution in [3.63, 3.8) is 0 Å². The number of pyridine rings is 1. The number of aromatic amines is 1. The molecule has 3 aromatic rings. The fourth-order valence-electron chi connectivity index (χ4n) is 3.39. The van der Waals surface area contributed by atoms with Crippen molar-refractivity contribution >= 4 is 28.4 Å². The van der Waals surface area contributed by atoms with Gasteiger partial charge in [-0.2, -0.15) is 0 Å². The molecule has 0 unspecified atom stereocenters. The molecule has 1 aliphatic heterocycles. The SMILES string of the molecule is O=C(Cc1c[nH]c2ccccc12)N1CCC(Oc2ncccc2Cl)CC1. The quantitative estimate of drug-likeness (QED) is 0.760. The molecule has 0 aliphatic carbocycles. The number of halogens is 1. The molecule has 5 nitrogen and oxygen atoms in total. The van der Waals surface area contributed by atoms with E-state index in [0.29, 0.717) is 30.4 Å². The second-order valence-corrected chi connectivity index (χ2v) is 6.93. The van der Waals surface area contributed by atoms with Gasteiger partial charge in [-0.25, -0.2) is 4.98 Å². The van der Waals surface area contributed by atoms with Gasteiger partial charge in [-0.15, -0.1) is 0 Å². The molecule has 4 rings (SSSR count). The molecule has 1 amide bonds. The second kappa shape index (κ2) is 7.38. The van der Waals surface area contributed by atoms with Gasteiger partial charge in [-0.3, -0.25) is 4.79 Å². The third-order valence-electron chi connectivity index (χ3n) is 4.81. The third kappa shape index (κ3) is 3.53. The molecule has 6 heteroatoms. The summed E-state index contributed by atoms with van der Waals surface area (Å²) in [6.07, 6.45) is 5.63. The number of hydrogen-bond acceptors (Lipinski definition) is 3. The molecule has 1 aromatic carbocycles. The first-order valence-corrected chi connectivity index (χ1v) is 9.18. The van der Waals surface area contributed by atoms with Gasteiger partial charge in [-0.05, 0) is 23.8 Å². The van der Waals surface area contributed by atoms with E-state index in [2.05, 4.69) is 9.97 Å². The van der Waals surface area contributed by atoms with E-state index in [-0.39, 0.29) is 12.0 Å². The maximum absolute atomic E-state index is 12.7. The average Bonchev–Trinajstić information content (AvgIpc) is 3.07. The number of para-hydroxylation sites is 1. The van der Waals surface area contributed by atoms with Crippen molar-refractivity contribution in [3.8, 4) is 5.88 Å². The van der Waals surface area contributed by atoms with Gasteiger partial charge in [0.2, 0.25) is 11.8 Å². The molecule has 0 saturated carbocycles. The summed E-state index contributed by atoms with van der Waals surface area (Å²) in [7, 11) is 0. The van der Waals surface area contributed by atoms with Crippen LogP contribution in [0.1, 0.15) is 18.4 Å². The zero-order chi connectivity index (χ0) is 17.9. The fourth-order valence-corrected chi connectivity index (χ4v) is 3.56. The minimum Gasteiger partial charge on any atom is -0.473 e. The number of rotatable bonds is 4. The number of ether oxygens (including phenoxy) is 1. The molecule has 1 saturated heterocycles. The summed E-state index contributed by atoms with van der Waals surface area (Å²) in [5.74, 6) is 0.627. The summed E-state index contributed by atoms with van der Waals surface area (Å²) in [6, 6.07) is 11.6. The van der Waals surface area contributed by atoms with Gasteiger partial charge in [0.25, 0.3) is 0 Å². The number of hydrogen-bond donors (Lipinski definition) is 1. The Morgan fingerprint density at radius 3 is 2.85 bits per heavy atom. The van der Waals surface area contributed by atoms with Gasteiger partial charge in [0.1, 0.15) is 11.1 Å². The molecule has 1 N–H and O–H groups in total. The number of H-pyrrole nitrogens is 1. The predicted octanol–water partition coefficient (Wildman–Crippen LogP) is 3.83. The number of nitrogens with one attached hydrogen (secondary N) is 1. The third-order valence-corrected chi connectivity index (χ3v) is 5.10. The van der Waals surface area contributed by atoms with Gasteiger partial charge < -0.3 is 14.6 Å². The topological polar surface area (TPSA) is 58.2 Å². The number of amides is 1. The molecule has 2 aromatic heterocycles. The van der Waals surface area contributed by atoms with Crippen molar-refractivity contribution in [1.29, 1.82) is 0 Å². The minimum atomic E-state index is 0.0412. The van der Waals surface area contributed by atoms with E-state index in [1.807, 2.05) is 35.4 Å². The summed E-state index contributed by atoms with van der Waals surface area (Å²) in [5.41, 5.74) is 2.11. The second-order valence-electron chi connectivity index (χ2n) is 6.52. The van der Waals surface area contributed by atoms with E-state index in [9.17, 15) is 4.79 Å². The Hall–Kier alpha value is -2.53. The van der Waals surface area contributed by atoms with E-state index < -0.39 is 0 Å². The van der Waals surface area contributed by atoms with Gasteiger partial charge >= 0.3 is 0 Å². The highest BCUT2D eigenvalue weighted by atomic mass is 35.5. The lowest BCUT2D eigenvalue weighted by atomic mass is 10.1. The number of nitrogens with zero attached hydrogens (tertiary/aromatic N) is 2. The van der Waals surface area contributed by atoms with Gasteiger partial charge in [0.05, 0.1) is 6.42 Å². The Labute approximate surface area is 156 Å². The van der Waals surface area contributed by atoms with E-state index in [1.165, 1.54) is 0 Å². The van der Waals surface area contributed by atoms with Crippen LogP contribution in [0, 0.1) is 0 Å². The lowest BCUT2D eigenvalue weighted by Crippen LogP contribution is -2.42. The molecule has 0 radical (unpaired) electrons. The van der Waals surface area contributed by atoms with Gasteiger partial charge in [0.15, 0.2) is 0 Å². The van der Waals surface area contributed by atoms with E-state index in [0.717, 1.165) is 29.3 Å². The molecule has 1 fully saturated rings. The first-order valence-electron chi connectivity index (χ1n) is 8.80. The van der Waals surface area contributed by atoms with Crippen LogP contribution in [-0.4, -0.2) is 40.0 Å².